The molecular formula is C21H30N4O3S. The minimum absolute atomic E-state index is 0.0338. The van der Waals surface area contributed by atoms with Gasteiger partial charge in [0.05, 0.1) is 16.6 Å². The lowest BCUT2D eigenvalue weighted by Crippen LogP contribution is -2.50. The largest absolute Gasteiger partial charge is 0.340 e. The summed E-state index contributed by atoms with van der Waals surface area (Å²) in [6.07, 6.45) is 0.353. The first-order valence-electron chi connectivity index (χ1n) is 9.97. The van der Waals surface area contributed by atoms with Crippen LogP contribution in [0.2, 0.25) is 0 Å². The van der Waals surface area contributed by atoms with E-state index in [1.807, 2.05) is 51.4 Å². The van der Waals surface area contributed by atoms with Gasteiger partial charge in [0.2, 0.25) is 15.9 Å². The van der Waals surface area contributed by atoms with E-state index in [9.17, 15) is 13.2 Å². The number of carbonyl (C=O) groups is 1. The molecule has 2 aromatic rings. The van der Waals surface area contributed by atoms with E-state index >= 15 is 0 Å². The van der Waals surface area contributed by atoms with Crippen molar-refractivity contribution in [3.63, 3.8) is 0 Å². The lowest BCUT2D eigenvalue weighted by Gasteiger charge is -2.34. The summed E-state index contributed by atoms with van der Waals surface area (Å²) in [4.78, 5) is 14.8. The van der Waals surface area contributed by atoms with Gasteiger partial charge in [0, 0.05) is 38.3 Å². The van der Waals surface area contributed by atoms with Crippen molar-refractivity contribution in [1.29, 1.82) is 0 Å². The van der Waals surface area contributed by atoms with Gasteiger partial charge in [-0.05, 0) is 63.9 Å². The Bertz CT molecular complexity index is 1000. The topological polar surface area (TPSA) is 75.5 Å². The van der Waals surface area contributed by atoms with E-state index in [1.165, 1.54) is 4.31 Å². The maximum atomic E-state index is 12.9. The van der Waals surface area contributed by atoms with Crippen LogP contribution in [0.4, 0.5) is 0 Å². The van der Waals surface area contributed by atoms with E-state index < -0.39 is 10.0 Å². The van der Waals surface area contributed by atoms with Crippen LogP contribution >= 0.6 is 0 Å². The third-order valence-electron chi connectivity index (χ3n) is 5.64. The van der Waals surface area contributed by atoms with Crippen molar-refractivity contribution < 1.29 is 13.2 Å². The zero-order valence-electron chi connectivity index (χ0n) is 17.8. The quantitative estimate of drug-likeness (QED) is 0.748. The summed E-state index contributed by atoms with van der Waals surface area (Å²) in [6, 6.07) is 7.18. The molecule has 29 heavy (non-hydrogen) atoms. The Morgan fingerprint density at radius 3 is 2.24 bits per heavy atom. The van der Waals surface area contributed by atoms with Gasteiger partial charge in [-0.25, -0.2) is 8.42 Å². The molecule has 7 nitrogen and oxygen atoms in total. The summed E-state index contributed by atoms with van der Waals surface area (Å²) < 4.78 is 29.2. The molecule has 8 heteroatoms. The van der Waals surface area contributed by atoms with Crippen LogP contribution < -0.4 is 0 Å². The molecule has 0 aliphatic carbocycles. The molecule has 0 saturated carbocycles. The number of hydrogen-bond donors (Lipinski definition) is 0. The molecule has 0 radical (unpaired) electrons. The third kappa shape index (κ3) is 4.53. The lowest BCUT2D eigenvalue weighted by atomic mass is 10.1. The molecule has 1 aliphatic rings. The number of sulfonamides is 1. The normalized spacial score (nSPS) is 16.8. The number of rotatable bonds is 5. The number of amides is 1. The number of nitrogens with zero attached hydrogens (tertiary/aromatic N) is 4. The van der Waals surface area contributed by atoms with Crippen LogP contribution in [0.5, 0.6) is 0 Å². The van der Waals surface area contributed by atoms with Crippen molar-refractivity contribution in [2.75, 3.05) is 26.2 Å². The highest BCUT2D eigenvalue weighted by Crippen LogP contribution is 2.21. The molecule has 1 atom stereocenters. The fraction of sp³-hybridized carbons (Fsp3) is 0.524. The number of benzene rings is 1. The van der Waals surface area contributed by atoms with Gasteiger partial charge in [0.1, 0.15) is 0 Å². The first kappa shape index (κ1) is 21.5. The van der Waals surface area contributed by atoms with E-state index in [-0.39, 0.29) is 11.9 Å². The summed E-state index contributed by atoms with van der Waals surface area (Å²) in [5, 5.41) is 4.46. The average molecular weight is 419 g/mol. The average Bonchev–Trinajstić information content (AvgIpc) is 3.02. The Kier molecular flexibility index (Phi) is 6.14. The molecule has 1 aromatic heterocycles. The Balaban J connectivity index is 1.61. The fourth-order valence-corrected chi connectivity index (χ4v) is 5.27. The van der Waals surface area contributed by atoms with E-state index in [4.69, 9.17) is 0 Å². The van der Waals surface area contributed by atoms with Gasteiger partial charge in [0.15, 0.2) is 0 Å². The Hall–Kier alpha value is -2.19. The van der Waals surface area contributed by atoms with Gasteiger partial charge < -0.3 is 4.90 Å². The maximum absolute atomic E-state index is 12.9. The molecule has 0 unspecified atom stereocenters. The predicted octanol–water partition coefficient (Wildman–Crippen LogP) is 2.60. The molecule has 0 spiro atoms. The highest BCUT2D eigenvalue weighted by Gasteiger charge is 2.30. The van der Waals surface area contributed by atoms with Gasteiger partial charge in [-0.3, -0.25) is 9.48 Å². The van der Waals surface area contributed by atoms with Crippen LogP contribution in [0.3, 0.4) is 0 Å². The molecule has 3 rings (SSSR count). The monoisotopic (exact) mass is 418 g/mol. The van der Waals surface area contributed by atoms with Crippen molar-refractivity contribution in [3.8, 4) is 0 Å². The number of piperazine rings is 1. The standard InChI is InChI=1S/C21H30N4O3S/c1-15-6-7-20(12-16(15)2)29(27,28)24-10-8-23(9-11-24)21(26)14-19(5)25-18(4)13-17(3)22-25/h6-7,12-13,19H,8-11,14H2,1-5H3/t19-/m1/s1. The van der Waals surface area contributed by atoms with Crippen LogP contribution in [0, 0.1) is 27.7 Å². The first-order valence-corrected chi connectivity index (χ1v) is 11.4. The van der Waals surface area contributed by atoms with E-state index in [0.29, 0.717) is 37.5 Å². The summed E-state index contributed by atoms with van der Waals surface area (Å²) in [5.41, 5.74) is 3.99. The predicted molar refractivity (Wildman–Crippen MR) is 112 cm³/mol. The summed E-state index contributed by atoms with van der Waals surface area (Å²) in [6.45, 7) is 11.2. The Labute approximate surface area is 173 Å². The minimum atomic E-state index is -3.54. The van der Waals surface area contributed by atoms with E-state index in [0.717, 1.165) is 22.5 Å². The van der Waals surface area contributed by atoms with Crippen molar-refractivity contribution in [2.45, 2.75) is 52.0 Å². The maximum Gasteiger partial charge on any atom is 0.243 e. The highest BCUT2D eigenvalue weighted by atomic mass is 32.2. The second kappa shape index (κ2) is 8.28. The fourth-order valence-electron chi connectivity index (χ4n) is 3.76. The molecule has 1 amide bonds. The van der Waals surface area contributed by atoms with Crippen LogP contribution in [-0.4, -0.2) is 59.5 Å². The van der Waals surface area contributed by atoms with Crippen molar-refractivity contribution in [3.05, 3.63) is 46.8 Å². The molecule has 1 aromatic carbocycles. The lowest BCUT2D eigenvalue weighted by molar-refractivity contribution is -0.133. The zero-order valence-corrected chi connectivity index (χ0v) is 18.7. The molecule has 1 aliphatic heterocycles. The van der Waals surface area contributed by atoms with E-state index in [1.54, 1.807) is 17.0 Å². The Morgan fingerprint density at radius 2 is 1.69 bits per heavy atom. The molecule has 1 saturated heterocycles. The minimum Gasteiger partial charge on any atom is -0.340 e. The number of hydrogen-bond acceptors (Lipinski definition) is 4. The van der Waals surface area contributed by atoms with Crippen LogP contribution in [-0.2, 0) is 14.8 Å². The first-order chi connectivity index (χ1) is 13.6. The van der Waals surface area contributed by atoms with E-state index in [2.05, 4.69) is 5.10 Å². The number of aryl methyl sites for hydroxylation is 4. The van der Waals surface area contributed by atoms with Crippen molar-refractivity contribution >= 4 is 15.9 Å². The van der Waals surface area contributed by atoms with Gasteiger partial charge in [-0.1, -0.05) is 6.07 Å². The second-order valence-electron chi connectivity index (χ2n) is 7.96. The summed E-state index contributed by atoms with van der Waals surface area (Å²) in [5.74, 6) is 0.0354. The molecule has 0 N–H and O–H groups in total. The smallest absolute Gasteiger partial charge is 0.243 e. The molecule has 1 fully saturated rings. The molecule has 0 bridgehead atoms. The number of aromatic nitrogens is 2. The Morgan fingerprint density at radius 1 is 1.03 bits per heavy atom. The van der Waals surface area contributed by atoms with Gasteiger partial charge in [0.25, 0.3) is 0 Å². The van der Waals surface area contributed by atoms with Crippen LogP contribution in [0.25, 0.3) is 0 Å². The molecule has 2 heterocycles. The van der Waals surface area contributed by atoms with Gasteiger partial charge in [-0.2, -0.15) is 9.40 Å². The highest BCUT2D eigenvalue weighted by molar-refractivity contribution is 7.89. The van der Waals surface area contributed by atoms with Gasteiger partial charge >= 0.3 is 0 Å². The second-order valence-corrected chi connectivity index (χ2v) is 9.89. The van der Waals surface area contributed by atoms with Crippen LogP contribution in [0.15, 0.2) is 29.2 Å². The molecular weight excluding hydrogens is 388 g/mol. The SMILES string of the molecule is Cc1cc(C)n([C@H](C)CC(=O)N2CCN(S(=O)(=O)c3ccc(C)c(C)c3)CC2)n1. The summed E-state index contributed by atoms with van der Waals surface area (Å²) >= 11 is 0. The third-order valence-corrected chi connectivity index (χ3v) is 7.53. The van der Waals surface area contributed by atoms with Gasteiger partial charge in [-0.15, -0.1) is 0 Å². The number of carbonyl (C=O) groups excluding carboxylic acids is 1. The molecule has 158 valence electrons. The summed E-state index contributed by atoms with van der Waals surface area (Å²) in [7, 11) is -3.54. The van der Waals surface area contributed by atoms with Crippen molar-refractivity contribution in [1.82, 2.24) is 19.0 Å². The van der Waals surface area contributed by atoms with Crippen molar-refractivity contribution in [2.24, 2.45) is 0 Å². The van der Waals surface area contributed by atoms with Crippen LogP contribution in [0.1, 0.15) is 41.9 Å². The zero-order chi connectivity index (χ0) is 21.3.